The lowest BCUT2D eigenvalue weighted by molar-refractivity contribution is 0.0314. The average Bonchev–Trinajstić information content (AvgIpc) is 2.22. The monoisotopic (exact) mass is 254 g/mol. The molecule has 100 valence electrons. The molecule has 0 spiro atoms. The number of rotatable bonds is 4. The molecule has 0 saturated carbocycles. The number of pyridine rings is 1. The van der Waals surface area contributed by atoms with Crippen LogP contribution in [-0.2, 0) is 0 Å². The number of aromatic amines is 1. The van der Waals surface area contributed by atoms with E-state index in [-0.39, 0.29) is 18.0 Å². The van der Waals surface area contributed by atoms with Crippen LogP contribution in [0.5, 0.6) is 5.88 Å². The van der Waals surface area contributed by atoms with Crippen LogP contribution in [0.1, 0.15) is 31.1 Å². The molecule has 0 radical (unpaired) electrons. The van der Waals surface area contributed by atoms with E-state index in [1.807, 2.05) is 0 Å². The number of likely N-dealkylation sites (N-methyl/N-ethyl adjacent to an activating group) is 1. The molecule has 0 aliphatic rings. The van der Waals surface area contributed by atoms with E-state index in [0.717, 1.165) is 6.07 Å². The van der Waals surface area contributed by atoms with Gasteiger partial charge in [-0.3, -0.25) is 14.6 Å². The normalized spacial score (nSPS) is 11.3. The van der Waals surface area contributed by atoms with Crippen molar-refractivity contribution in [3.05, 3.63) is 28.0 Å². The summed E-state index contributed by atoms with van der Waals surface area (Å²) in [4.78, 5) is 26.8. The number of amides is 1. The molecular weight excluding hydrogens is 236 g/mol. The summed E-state index contributed by atoms with van der Waals surface area (Å²) in [5.74, 6) is -0.758. The van der Waals surface area contributed by atoms with Crippen LogP contribution in [0.3, 0.4) is 0 Å². The smallest absolute Gasteiger partial charge is 0.254 e. The zero-order valence-corrected chi connectivity index (χ0v) is 10.7. The molecule has 0 atom stereocenters. The first-order valence-corrected chi connectivity index (χ1v) is 5.68. The molecule has 6 nitrogen and oxygen atoms in total. The van der Waals surface area contributed by atoms with Gasteiger partial charge in [0.2, 0.25) is 0 Å². The second kappa shape index (κ2) is 5.22. The minimum atomic E-state index is -1.02. The quantitative estimate of drug-likeness (QED) is 0.721. The highest BCUT2D eigenvalue weighted by atomic mass is 16.3. The predicted molar refractivity (Wildman–Crippen MR) is 66.6 cm³/mol. The van der Waals surface area contributed by atoms with Gasteiger partial charge < -0.3 is 15.1 Å². The SMILES string of the molecule is CCN(CC(C)(C)O)C(=O)c1cc(O)[nH]c(=O)c1. The summed E-state index contributed by atoms with van der Waals surface area (Å²) >= 11 is 0. The molecule has 0 aromatic carbocycles. The number of aliphatic hydroxyl groups is 1. The van der Waals surface area contributed by atoms with Gasteiger partial charge in [0.15, 0.2) is 5.88 Å². The van der Waals surface area contributed by atoms with Crippen LogP contribution in [-0.4, -0.2) is 44.7 Å². The van der Waals surface area contributed by atoms with Crippen LogP contribution in [0, 0.1) is 0 Å². The van der Waals surface area contributed by atoms with E-state index >= 15 is 0 Å². The number of hydrogen-bond acceptors (Lipinski definition) is 4. The third kappa shape index (κ3) is 3.89. The highest BCUT2D eigenvalue weighted by molar-refractivity contribution is 5.94. The predicted octanol–water partition coefficient (Wildman–Crippen LogP) is 0.313. The highest BCUT2D eigenvalue weighted by Crippen LogP contribution is 2.11. The maximum Gasteiger partial charge on any atom is 0.254 e. The van der Waals surface area contributed by atoms with Crippen molar-refractivity contribution in [3.8, 4) is 5.88 Å². The molecule has 3 N–H and O–H groups in total. The molecule has 1 aromatic rings. The van der Waals surface area contributed by atoms with Crippen LogP contribution < -0.4 is 5.56 Å². The van der Waals surface area contributed by atoms with Crippen molar-refractivity contribution >= 4 is 5.91 Å². The first-order chi connectivity index (χ1) is 8.23. The van der Waals surface area contributed by atoms with E-state index in [2.05, 4.69) is 4.98 Å². The van der Waals surface area contributed by atoms with Gasteiger partial charge >= 0.3 is 0 Å². The molecule has 1 aromatic heterocycles. The van der Waals surface area contributed by atoms with E-state index in [1.165, 1.54) is 11.0 Å². The van der Waals surface area contributed by atoms with Crippen LogP contribution in [0.15, 0.2) is 16.9 Å². The number of carbonyl (C=O) groups is 1. The minimum Gasteiger partial charge on any atom is -0.494 e. The molecule has 1 rings (SSSR count). The van der Waals surface area contributed by atoms with Gasteiger partial charge in [-0.05, 0) is 20.8 Å². The number of H-pyrrole nitrogens is 1. The lowest BCUT2D eigenvalue weighted by Gasteiger charge is -2.28. The Morgan fingerprint density at radius 1 is 1.44 bits per heavy atom. The van der Waals surface area contributed by atoms with E-state index in [9.17, 15) is 19.8 Å². The molecule has 0 saturated heterocycles. The number of aromatic nitrogens is 1. The Hall–Kier alpha value is -1.82. The van der Waals surface area contributed by atoms with Gasteiger partial charge in [0.25, 0.3) is 11.5 Å². The Labute approximate surface area is 105 Å². The summed E-state index contributed by atoms with van der Waals surface area (Å²) in [6.07, 6.45) is 0. The Bertz CT molecular complexity index is 488. The summed E-state index contributed by atoms with van der Waals surface area (Å²) in [6, 6.07) is 2.31. The molecule has 0 aliphatic heterocycles. The first kappa shape index (κ1) is 14.2. The Morgan fingerprint density at radius 2 is 2.06 bits per heavy atom. The number of nitrogens with one attached hydrogen (secondary N) is 1. The number of carbonyl (C=O) groups excluding carboxylic acids is 1. The lowest BCUT2D eigenvalue weighted by Crippen LogP contribution is -2.42. The Kier molecular flexibility index (Phi) is 4.13. The highest BCUT2D eigenvalue weighted by Gasteiger charge is 2.22. The van der Waals surface area contributed by atoms with Crippen molar-refractivity contribution < 1.29 is 15.0 Å². The van der Waals surface area contributed by atoms with Crippen molar-refractivity contribution in [2.75, 3.05) is 13.1 Å². The van der Waals surface area contributed by atoms with Gasteiger partial charge in [-0.1, -0.05) is 0 Å². The van der Waals surface area contributed by atoms with Crippen LogP contribution in [0.25, 0.3) is 0 Å². The van der Waals surface area contributed by atoms with Gasteiger partial charge in [0, 0.05) is 25.2 Å². The zero-order chi connectivity index (χ0) is 13.9. The summed E-state index contributed by atoms with van der Waals surface area (Å²) < 4.78 is 0. The third-order valence-corrected chi connectivity index (χ3v) is 2.32. The summed E-state index contributed by atoms with van der Waals surface area (Å²) in [5.41, 5.74) is -1.46. The molecule has 0 fully saturated rings. The molecule has 18 heavy (non-hydrogen) atoms. The topological polar surface area (TPSA) is 93.6 Å². The van der Waals surface area contributed by atoms with Gasteiger partial charge in [0.05, 0.1) is 11.2 Å². The molecule has 1 amide bonds. The maximum atomic E-state index is 12.1. The fourth-order valence-corrected chi connectivity index (χ4v) is 1.63. The van der Waals surface area contributed by atoms with Gasteiger partial charge in [-0.15, -0.1) is 0 Å². The summed E-state index contributed by atoms with van der Waals surface area (Å²) in [7, 11) is 0. The average molecular weight is 254 g/mol. The van der Waals surface area contributed by atoms with E-state index in [1.54, 1.807) is 20.8 Å². The van der Waals surface area contributed by atoms with Gasteiger partial charge in [-0.25, -0.2) is 0 Å². The van der Waals surface area contributed by atoms with Crippen LogP contribution >= 0.6 is 0 Å². The number of nitrogens with zero attached hydrogens (tertiary/aromatic N) is 1. The Morgan fingerprint density at radius 3 is 2.50 bits per heavy atom. The van der Waals surface area contributed by atoms with E-state index in [4.69, 9.17) is 0 Å². The number of hydrogen-bond donors (Lipinski definition) is 3. The molecule has 6 heteroatoms. The Balaban J connectivity index is 3.00. The fourth-order valence-electron chi connectivity index (χ4n) is 1.63. The van der Waals surface area contributed by atoms with E-state index in [0.29, 0.717) is 6.54 Å². The molecule has 0 bridgehead atoms. The summed E-state index contributed by atoms with van der Waals surface area (Å²) in [5, 5.41) is 19.0. The molecule has 1 heterocycles. The van der Waals surface area contributed by atoms with Gasteiger partial charge in [0.1, 0.15) is 0 Å². The zero-order valence-electron chi connectivity index (χ0n) is 10.7. The maximum absolute atomic E-state index is 12.1. The largest absolute Gasteiger partial charge is 0.494 e. The second-order valence-electron chi connectivity index (χ2n) is 4.75. The minimum absolute atomic E-state index is 0.0994. The van der Waals surface area contributed by atoms with Crippen molar-refractivity contribution in [1.82, 2.24) is 9.88 Å². The standard InChI is InChI=1S/C12H18N2O4/c1-4-14(7-12(2,3)18)11(17)8-5-9(15)13-10(16)6-8/h5-6,18H,4,7H2,1-3H3,(H2,13,15,16). The molecular formula is C12H18N2O4. The second-order valence-corrected chi connectivity index (χ2v) is 4.75. The van der Waals surface area contributed by atoms with Crippen LogP contribution in [0.2, 0.25) is 0 Å². The summed E-state index contributed by atoms with van der Waals surface area (Å²) in [6.45, 7) is 5.51. The van der Waals surface area contributed by atoms with E-state index < -0.39 is 17.1 Å². The van der Waals surface area contributed by atoms with Crippen molar-refractivity contribution in [1.29, 1.82) is 0 Å². The van der Waals surface area contributed by atoms with Crippen molar-refractivity contribution in [2.24, 2.45) is 0 Å². The number of aromatic hydroxyl groups is 1. The molecule has 0 aliphatic carbocycles. The van der Waals surface area contributed by atoms with Crippen molar-refractivity contribution in [2.45, 2.75) is 26.4 Å². The fraction of sp³-hybridized carbons (Fsp3) is 0.500. The van der Waals surface area contributed by atoms with Gasteiger partial charge in [-0.2, -0.15) is 0 Å². The molecule has 0 unspecified atom stereocenters. The lowest BCUT2D eigenvalue weighted by atomic mass is 10.1. The van der Waals surface area contributed by atoms with Crippen LogP contribution in [0.4, 0.5) is 0 Å². The third-order valence-electron chi connectivity index (χ3n) is 2.32. The van der Waals surface area contributed by atoms with Crippen molar-refractivity contribution in [3.63, 3.8) is 0 Å². The first-order valence-electron chi connectivity index (χ1n) is 5.68.